The predicted octanol–water partition coefficient (Wildman–Crippen LogP) is 3.49. The van der Waals surface area contributed by atoms with Crippen LogP contribution >= 0.6 is 0 Å². The maximum atomic E-state index is 12.3. The summed E-state index contributed by atoms with van der Waals surface area (Å²) in [5.41, 5.74) is 0.228. The van der Waals surface area contributed by atoms with Crippen molar-refractivity contribution in [3.05, 3.63) is 29.8 Å². The highest BCUT2D eigenvalue weighted by atomic mass is 19.4. The summed E-state index contributed by atoms with van der Waals surface area (Å²) in [6.07, 6.45) is -4.76. The fourth-order valence-electron chi connectivity index (χ4n) is 1.86. The minimum absolute atomic E-state index is 0.228. The van der Waals surface area contributed by atoms with Gasteiger partial charge in [0, 0.05) is 5.56 Å². The van der Waals surface area contributed by atoms with Crippen LogP contribution in [-0.2, 0) is 0 Å². The summed E-state index contributed by atoms with van der Waals surface area (Å²) in [6.45, 7) is 4.83. The van der Waals surface area contributed by atoms with Gasteiger partial charge in [0.2, 0.25) is 0 Å². The largest absolute Gasteiger partial charge is 0.573 e. The van der Waals surface area contributed by atoms with Crippen molar-refractivity contribution in [2.75, 3.05) is 13.1 Å². The van der Waals surface area contributed by atoms with Gasteiger partial charge in [-0.25, -0.2) is 0 Å². The van der Waals surface area contributed by atoms with Gasteiger partial charge in [-0.05, 0) is 19.2 Å². The molecule has 6 heteroatoms. The number of hydrogen-bond acceptors (Lipinski definition) is 3. The van der Waals surface area contributed by atoms with E-state index in [9.17, 15) is 18.4 Å². The van der Waals surface area contributed by atoms with E-state index >= 15 is 0 Å². The van der Waals surface area contributed by atoms with Crippen molar-refractivity contribution in [3.63, 3.8) is 0 Å². The van der Waals surface area contributed by atoms with Gasteiger partial charge >= 0.3 is 6.36 Å². The highest BCUT2D eigenvalue weighted by Gasteiger charge is 2.33. The van der Waals surface area contributed by atoms with Crippen LogP contribution in [0.4, 0.5) is 13.2 Å². The first-order valence-electron chi connectivity index (χ1n) is 5.91. The topological polar surface area (TPSA) is 36.3 Å². The standard InChI is InChI=1S/C13H15F3N2O/c1-3-18(4-2)11(9-17)10-7-5-6-8-12(10)19-13(14,15)16/h5-8,11H,3-4H2,1-2H3. The minimum atomic E-state index is -4.76. The Balaban J connectivity index is 3.14. The smallest absolute Gasteiger partial charge is 0.405 e. The molecule has 0 aromatic heterocycles. The maximum absolute atomic E-state index is 12.3. The second-order valence-corrected chi connectivity index (χ2v) is 3.84. The third-order valence-electron chi connectivity index (χ3n) is 2.74. The third-order valence-corrected chi connectivity index (χ3v) is 2.74. The molecule has 104 valence electrons. The normalized spacial score (nSPS) is 13.1. The van der Waals surface area contributed by atoms with Gasteiger partial charge in [0.05, 0.1) is 6.07 Å². The number of benzene rings is 1. The molecule has 1 aromatic rings. The molecule has 0 saturated heterocycles. The fraction of sp³-hybridized carbons (Fsp3) is 0.462. The van der Waals surface area contributed by atoms with Gasteiger partial charge in [-0.15, -0.1) is 13.2 Å². The quantitative estimate of drug-likeness (QED) is 0.823. The molecule has 0 saturated carbocycles. The summed E-state index contributed by atoms with van der Waals surface area (Å²) in [7, 11) is 0. The van der Waals surface area contributed by atoms with Gasteiger partial charge in [0.25, 0.3) is 0 Å². The van der Waals surface area contributed by atoms with E-state index in [1.165, 1.54) is 18.2 Å². The lowest BCUT2D eigenvalue weighted by molar-refractivity contribution is -0.275. The zero-order chi connectivity index (χ0) is 14.5. The molecule has 1 atom stereocenters. The molecule has 3 nitrogen and oxygen atoms in total. The molecule has 0 spiro atoms. The molecule has 0 aliphatic carbocycles. The van der Waals surface area contributed by atoms with Crippen molar-refractivity contribution < 1.29 is 17.9 Å². The van der Waals surface area contributed by atoms with Crippen LogP contribution in [0, 0.1) is 11.3 Å². The molecule has 0 radical (unpaired) electrons. The van der Waals surface area contributed by atoms with Crippen molar-refractivity contribution in [2.45, 2.75) is 26.3 Å². The average molecular weight is 272 g/mol. The van der Waals surface area contributed by atoms with E-state index in [1.807, 2.05) is 19.9 Å². The molecule has 0 aliphatic rings. The maximum Gasteiger partial charge on any atom is 0.573 e. The molecule has 0 heterocycles. The highest BCUT2D eigenvalue weighted by molar-refractivity contribution is 5.38. The summed E-state index contributed by atoms with van der Waals surface area (Å²) < 4.78 is 41.0. The predicted molar refractivity (Wildman–Crippen MR) is 64.4 cm³/mol. The van der Waals surface area contributed by atoms with Crippen LogP contribution in [-0.4, -0.2) is 24.4 Å². The SMILES string of the molecule is CCN(CC)C(C#N)c1ccccc1OC(F)(F)F. The second kappa shape index (κ2) is 6.43. The Bertz CT molecular complexity index is 450. The van der Waals surface area contributed by atoms with E-state index < -0.39 is 12.4 Å². The molecule has 0 amide bonds. The van der Waals surface area contributed by atoms with E-state index in [-0.39, 0.29) is 11.3 Å². The molecule has 0 bridgehead atoms. The van der Waals surface area contributed by atoms with Gasteiger partial charge in [-0.2, -0.15) is 5.26 Å². The Kier molecular flexibility index (Phi) is 5.19. The van der Waals surface area contributed by atoms with E-state index in [1.54, 1.807) is 11.0 Å². The van der Waals surface area contributed by atoms with Crippen molar-refractivity contribution in [2.24, 2.45) is 0 Å². The molecular formula is C13H15F3N2O. The van der Waals surface area contributed by atoms with E-state index in [0.717, 1.165) is 0 Å². The van der Waals surface area contributed by atoms with Crippen LogP contribution in [0.2, 0.25) is 0 Å². The van der Waals surface area contributed by atoms with Crippen LogP contribution in [0.5, 0.6) is 5.75 Å². The summed E-state index contributed by atoms with van der Waals surface area (Å²) in [4.78, 5) is 1.76. The first-order chi connectivity index (χ1) is 8.92. The second-order valence-electron chi connectivity index (χ2n) is 3.84. The van der Waals surface area contributed by atoms with Crippen LogP contribution in [0.25, 0.3) is 0 Å². The van der Waals surface area contributed by atoms with Crippen LogP contribution in [0.15, 0.2) is 24.3 Å². The minimum Gasteiger partial charge on any atom is -0.405 e. The number of hydrogen-bond donors (Lipinski definition) is 0. The van der Waals surface area contributed by atoms with Gasteiger partial charge in [0.1, 0.15) is 11.8 Å². The number of ether oxygens (including phenoxy) is 1. The van der Waals surface area contributed by atoms with Crippen molar-refractivity contribution in [1.29, 1.82) is 5.26 Å². The van der Waals surface area contributed by atoms with Crippen molar-refractivity contribution in [1.82, 2.24) is 4.90 Å². The number of nitriles is 1. The Hall–Kier alpha value is -1.74. The lowest BCUT2D eigenvalue weighted by Crippen LogP contribution is -2.28. The third kappa shape index (κ3) is 4.14. The van der Waals surface area contributed by atoms with Crippen LogP contribution < -0.4 is 4.74 Å². The molecule has 1 rings (SSSR count). The lowest BCUT2D eigenvalue weighted by Gasteiger charge is -2.26. The number of rotatable bonds is 5. The summed E-state index contributed by atoms with van der Waals surface area (Å²) in [5, 5.41) is 9.21. The van der Waals surface area contributed by atoms with Crippen molar-refractivity contribution >= 4 is 0 Å². The molecule has 0 N–H and O–H groups in total. The van der Waals surface area contributed by atoms with Gasteiger partial charge in [-0.3, -0.25) is 4.90 Å². The first-order valence-corrected chi connectivity index (χ1v) is 5.91. The molecule has 1 aromatic carbocycles. The zero-order valence-corrected chi connectivity index (χ0v) is 10.7. The number of para-hydroxylation sites is 1. The highest BCUT2D eigenvalue weighted by Crippen LogP contribution is 2.32. The summed E-state index contributed by atoms with van der Waals surface area (Å²) >= 11 is 0. The van der Waals surface area contributed by atoms with Gasteiger partial charge < -0.3 is 4.74 Å². The Labute approximate surface area is 110 Å². The number of nitrogens with zero attached hydrogens (tertiary/aromatic N) is 2. The van der Waals surface area contributed by atoms with Crippen molar-refractivity contribution in [3.8, 4) is 11.8 Å². The number of halogens is 3. The Morgan fingerprint density at radius 3 is 2.32 bits per heavy atom. The zero-order valence-electron chi connectivity index (χ0n) is 10.7. The summed E-state index contributed by atoms with van der Waals surface area (Å²) in [6, 6.07) is 7.00. The fourth-order valence-corrected chi connectivity index (χ4v) is 1.86. The lowest BCUT2D eigenvalue weighted by atomic mass is 10.1. The molecule has 0 aliphatic heterocycles. The first kappa shape index (κ1) is 15.3. The monoisotopic (exact) mass is 272 g/mol. The molecule has 19 heavy (non-hydrogen) atoms. The number of alkyl halides is 3. The average Bonchev–Trinajstić information content (AvgIpc) is 2.35. The van der Waals surface area contributed by atoms with Gasteiger partial charge in [0.15, 0.2) is 0 Å². The summed E-state index contributed by atoms with van der Waals surface area (Å²) in [5.74, 6) is -0.326. The molecular weight excluding hydrogens is 257 g/mol. The van der Waals surface area contributed by atoms with Crippen LogP contribution in [0.3, 0.4) is 0 Å². The van der Waals surface area contributed by atoms with Gasteiger partial charge in [-0.1, -0.05) is 32.0 Å². The van der Waals surface area contributed by atoms with E-state index in [4.69, 9.17) is 0 Å². The molecule has 1 unspecified atom stereocenters. The van der Waals surface area contributed by atoms with E-state index in [2.05, 4.69) is 4.74 Å². The molecule has 0 fully saturated rings. The Morgan fingerprint density at radius 2 is 1.84 bits per heavy atom. The Morgan fingerprint density at radius 1 is 1.26 bits per heavy atom. The van der Waals surface area contributed by atoms with Crippen LogP contribution in [0.1, 0.15) is 25.5 Å². The van der Waals surface area contributed by atoms with E-state index in [0.29, 0.717) is 13.1 Å².